The monoisotopic (exact) mass is 439 g/mol. The Morgan fingerprint density at radius 3 is 2.46 bits per heavy atom. The van der Waals surface area contributed by atoms with Gasteiger partial charge in [0.15, 0.2) is 0 Å². The Morgan fingerprint density at radius 2 is 1.79 bits per heavy atom. The Balaban J connectivity index is 0.00000280. The highest BCUT2D eigenvalue weighted by Gasteiger charge is 2.20. The Morgan fingerprint density at radius 1 is 1.04 bits per heavy atom. The molecule has 0 saturated carbocycles. The maximum absolute atomic E-state index is 12.4. The molecule has 1 aliphatic heterocycles. The SMILES string of the molecule is Cl.O=C(NCCN1CCN(C(=O)CSCc2ccccc2)CC1)c1cccs1. The molecule has 3 rings (SSSR count). The van der Waals surface area contributed by atoms with Gasteiger partial charge in [-0.25, -0.2) is 0 Å². The average molecular weight is 440 g/mol. The molecular weight excluding hydrogens is 414 g/mol. The lowest BCUT2D eigenvalue weighted by Gasteiger charge is -2.34. The number of thiophene rings is 1. The summed E-state index contributed by atoms with van der Waals surface area (Å²) in [6, 6.07) is 14.0. The second-order valence-electron chi connectivity index (χ2n) is 6.43. The summed E-state index contributed by atoms with van der Waals surface area (Å²) in [6.07, 6.45) is 0. The first-order valence-electron chi connectivity index (χ1n) is 9.16. The van der Waals surface area contributed by atoms with E-state index in [-0.39, 0.29) is 24.2 Å². The minimum absolute atomic E-state index is 0. The molecule has 1 aromatic heterocycles. The van der Waals surface area contributed by atoms with Crippen molar-refractivity contribution < 1.29 is 9.59 Å². The molecule has 1 saturated heterocycles. The van der Waals surface area contributed by atoms with Gasteiger partial charge in [0.1, 0.15) is 0 Å². The zero-order chi connectivity index (χ0) is 18.9. The lowest BCUT2D eigenvalue weighted by molar-refractivity contribution is -0.130. The van der Waals surface area contributed by atoms with Crippen molar-refractivity contribution in [3.05, 3.63) is 58.3 Å². The number of amides is 2. The van der Waals surface area contributed by atoms with E-state index >= 15 is 0 Å². The topological polar surface area (TPSA) is 52.7 Å². The Kier molecular flexibility index (Phi) is 9.84. The fraction of sp³-hybridized carbons (Fsp3) is 0.400. The Bertz CT molecular complexity index is 720. The van der Waals surface area contributed by atoms with Gasteiger partial charge in [0.2, 0.25) is 5.91 Å². The van der Waals surface area contributed by atoms with Gasteiger partial charge in [-0.2, -0.15) is 0 Å². The number of thioether (sulfide) groups is 1. The summed E-state index contributed by atoms with van der Waals surface area (Å²) < 4.78 is 0. The second-order valence-corrected chi connectivity index (χ2v) is 8.37. The van der Waals surface area contributed by atoms with Crippen LogP contribution in [-0.2, 0) is 10.5 Å². The minimum Gasteiger partial charge on any atom is -0.350 e. The Labute approximate surface area is 180 Å². The molecule has 0 aliphatic carbocycles. The van der Waals surface area contributed by atoms with E-state index in [1.54, 1.807) is 11.8 Å². The van der Waals surface area contributed by atoms with Crippen LogP contribution in [0.2, 0.25) is 0 Å². The highest BCUT2D eigenvalue weighted by Crippen LogP contribution is 2.13. The average Bonchev–Trinajstić information content (AvgIpc) is 3.24. The summed E-state index contributed by atoms with van der Waals surface area (Å²) in [5.74, 6) is 1.62. The molecule has 1 fully saturated rings. The number of carbonyl (C=O) groups is 2. The van der Waals surface area contributed by atoms with E-state index in [2.05, 4.69) is 22.3 Å². The third-order valence-electron chi connectivity index (χ3n) is 4.52. The normalized spacial score (nSPS) is 14.4. The van der Waals surface area contributed by atoms with Crippen LogP contribution in [0.1, 0.15) is 15.2 Å². The van der Waals surface area contributed by atoms with Gasteiger partial charge in [0.25, 0.3) is 5.91 Å². The zero-order valence-electron chi connectivity index (χ0n) is 15.7. The zero-order valence-corrected chi connectivity index (χ0v) is 18.2. The number of benzene rings is 1. The lowest BCUT2D eigenvalue weighted by Crippen LogP contribution is -2.50. The third kappa shape index (κ3) is 7.13. The van der Waals surface area contributed by atoms with E-state index in [0.29, 0.717) is 12.3 Å². The van der Waals surface area contributed by atoms with Crippen LogP contribution in [0.4, 0.5) is 0 Å². The van der Waals surface area contributed by atoms with E-state index in [0.717, 1.165) is 43.4 Å². The molecule has 0 atom stereocenters. The van der Waals surface area contributed by atoms with Gasteiger partial charge in [-0.05, 0) is 17.0 Å². The first kappa shape index (κ1) is 22.7. The Hall–Kier alpha value is -1.54. The molecular formula is C20H26ClN3O2S2. The molecule has 0 radical (unpaired) electrons. The minimum atomic E-state index is -0.00532. The summed E-state index contributed by atoms with van der Waals surface area (Å²) in [5, 5.41) is 4.86. The van der Waals surface area contributed by atoms with E-state index in [1.165, 1.54) is 16.9 Å². The highest BCUT2D eigenvalue weighted by atomic mass is 35.5. The maximum atomic E-state index is 12.4. The highest BCUT2D eigenvalue weighted by molar-refractivity contribution is 7.99. The molecule has 1 N–H and O–H groups in total. The van der Waals surface area contributed by atoms with Gasteiger partial charge in [-0.15, -0.1) is 35.5 Å². The van der Waals surface area contributed by atoms with Crippen molar-refractivity contribution in [2.24, 2.45) is 0 Å². The van der Waals surface area contributed by atoms with Crippen LogP contribution >= 0.6 is 35.5 Å². The first-order valence-corrected chi connectivity index (χ1v) is 11.2. The molecule has 2 amide bonds. The number of hydrogen-bond acceptors (Lipinski definition) is 5. The number of rotatable bonds is 8. The molecule has 0 unspecified atom stereocenters. The smallest absolute Gasteiger partial charge is 0.261 e. The summed E-state index contributed by atoms with van der Waals surface area (Å²) in [5.41, 5.74) is 1.25. The van der Waals surface area contributed by atoms with E-state index in [1.807, 2.05) is 40.6 Å². The van der Waals surface area contributed by atoms with Gasteiger partial charge in [0, 0.05) is 45.0 Å². The van der Waals surface area contributed by atoms with Crippen molar-refractivity contribution >= 4 is 47.3 Å². The molecule has 0 bridgehead atoms. The molecule has 28 heavy (non-hydrogen) atoms. The van der Waals surface area contributed by atoms with Crippen LogP contribution in [-0.4, -0.2) is 66.6 Å². The summed E-state index contributed by atoms with van der Waals surface area (Å²) >= 11 is 3.13. The van der Waals surface area contributed by atoms with Crippen molar-refractivity contribution in [2.75, 3.05) is 45.0 Å². The number of piperazine rings is 1. The van der Waals surface area contributed by atoms with E-state index < -0.39 is 0 Å². The number of nitrogens with zero attached hydrogens (tertiary/aromatic N) is 2. The second kappa shape index (κ2) is 12.1. The van der Waals surface area contributed by atoms with Crippen LogP contribution in [0.3, 0.4) is 0 Å². The van der Waals surface area contributed by atoms with E-state index in [9.17, 15) is 9.59 Å². The third-order valence-corrected chi connectivity index (χ3v) is 6.38. The van der Waals surface area contributed by atoms with Gasteiger partial charge >= 0.3 is 0 Å². The summed E-state index contributed by atoms with van der Waals surface area (Å²) in [6.45, 7) is 4.72. The molecule has 0 spiro atoms. The largest absolute Gasteiger partial charge is 0.350 e. The summed E-state index contributed by atoms with van der Waals surface area (Å²) in [7, 11) is 0. The van der Waals surface area contributed by atoms with Gasteiger partial charge in [-0.3, -0.25) is 14.5 Å². The quantitative estimate of drug-likeness (QED) is 0.687. The van der Waals surface area contributed by atoms with Gasteiger partial charge < -0.3 is 10.2 Å². The van der Waals surface area contributed by atoms with E-state index in [4.69, 9.17) is 0 Å². The maximum Gasteiger partial charge on any atom is 0.261 e. The van der Waals surface area contributed by atoms with Crippen LogP contribution in [0.25, 0.3) is 0 Å². The predicted octanol–water partition coefficient (Wildman–Crippen LogP) is 2.98. The van der Waals surface area contributed by atoms with Crippen LogP contribution in [0.5, 0.6) is 0 Å². The lowest BCUT2D eigenvalue weighted by atomic mass is 10.2. The number of hydrogen-bond donors (Lipinski definition) is 1. The standard InChI is InChI=1S/C20H25N3O2S2.ClH/c24-19(16-26-15-17-5-2-1-3-6-17)23-12-10-22(11-13-23)9-8-21-20(25)18-7-4-14-27-18;/h1-7,14H,8-13,15-16H2,(H,21,25);1H. The molecule has 5 nitrogen and oxygen atoms in total. The molecule has 1 aliphatic rings. The summed E-state index contributed by atoms with van der Waals surface area (Å²) in [4.78, 5) is 29.3. The van der Waals surface area contributed by atoms with Crippen molar-refractivity contribution in [2.45, 2.75) is 5.75 Å². The first-order chi connectivity index (χ1) is 13.2. The van der Waals surface area contributed by atoms with Crippen LogP contribution in [0, 0.1) is 0 Å². The van der Waals surface area contributed by atoms with Crippen LogP contribution < -0.4 is 5.32 Å². The molecule has 2 heterocycles. The van der Waals surface area contributed by atoms with Crippen molar-refractivity contribution in [1.29, 1.82) is 0 Å². The molecule has 152 valence electrons. The van der Waals surface area contributed by atoms with Gasteiger partial charge in [-0.1, -0.05) is 36.4 Å². The fourth-order valence-electron chi connectivity index (χ4n) is 2.97. The van der Waals surface area contributed by atoms with Crippen molar-refractivity contribution in [1.82, 2.24) is 15.1 Å². The molecule has 1 aromatic carbocycles. The van der Waals surface area contributed by atoms with Crippen LogP contribution in [0.15, 0.2) is 47.8 Å². The molecule has 2 aromatic rings. The number of halogens is 1. The molecule has 8 heteroatoms. The van der Waals surface area contributed by atoms with Gasteiger partial charge in [0.05, 0.1) is 10.6 Å². The number of nitrogens with one attached hydrogen (secondary N) is 1. The number of carbonyl (C=O) groups excluding carboxylic acids is 2. The van der Waals surface area contributed by atoms with Crippen molar-refractivity contribution in [3.63, 3.8) is 0 Å². The fourth-order valence-corrected chi connectivity index (χ4v) is 4.49. The predicted molar refractivity (Wildman–Crippen MR) is 120 cm³/mol. The van der Waals surface area contributed by atoms with Crippen molar-refractivity contribution in [3.8, 4) is 0 Å².